The highest BCUT2D eigenvalue weighted by atomic mass is 32.1. The van der Waals surface area contributed by atoms with E-state index in [1.807, 2.05) is 0 Å². The number of hydrogen-bond acceptors (Lipinski definition) is 5. The third-order valence-electron chi connectivity index (χ3n) is 6.34. The number of nitriles is 1. The van der Waals surface area contributed by atoms with Crippen molar-refractivity contribution in [3.05, 3.63) is 65.8 Å². The Morgan fingerprint density at radius 3 is 2.65 bits per heavy atom. The molecule has 1 unspecified atom stereocenters. The summed E-state index contributed by atoms with van der Waals surface area (Å²) in [7, 11) is 1.39. The van der Waals surface area contributed by atoms with E-state index in [0.717, 1.165) is 18.6 Å². The van der Waals surface area contributed by atoms with E-state index in [2.05, 4.69) is 16.9 Å². The van der Waals surface area contributed by atoms with Crippen LogP contribution >= 0.6 is 12.2 Å². The number of rotatable bonds is 5. The van der Waals surface area contributed by atoms with Crippen LogP contribution in [-0.4, -0.2) is 39.9 Å². The van der Waals surface area contributed by atoms with Crippen LogP contribution in [0.1, 0.15) is 40.9 Å². The Morgan fingerprint density at radius 1 is 1.41 bits per heavy atom. The van der Waals surface area contributed by atoms with Crippen molar-refractivity contribution >= 4 is 34.6 Å². The topological polar surface area (TPSA) is 92.5 Å². The van der Waals surface area contributed by atoms with E-state index in [9.17, 15) is 28.3 Å². The molecule has 7 nitrogen and oxygen atoms in total. The lowest BCUT2D eigenvalue weighted by molar-refractivity contribution is 0.0512. The van der Waals surface area contributed by atoms with E-state index in [1.165, 1.54) is 30.3 Å². The van der Waals surface area contributed by atoms with Crippen molar-refractivity contribution in [3.8, 4) is 6.07 Å². The van der Waals surface area contributed by atoms with Crippen LogP contribution < -0.4 is 15.1 Å². The van der Waals surface area contributed by atoms with Crippen LogP contribution in [0, 0.1) is 17.1 Å². The third kappa shape index (κ3) is 3.41. The number of aliphatic hydroxyl groups excluding tert-OH is 1. The molecular weight excluding hydrogens is 467 g/mol. The highest BCUT2D eigenvalue weighted by Crippen LogP contribution is 2.50. The zero-order valence-electron chi connectivity index (χ0n) is 18.1. The van der Waals surface area contributed by atoms with Crippen LogP contribution in [0.2, 0.25) is 0 Å². The normalized spacial score (nSPS) is 19.1. The zero-order chi connectivity index (χ0) is 24.8. The molecule has 34 heavy (non-hydrogen) atoms. The molecule has 1 aromatic heterocycles. The second-order valence-electron chi connectivity index (χ2n) is 8.09. The summed E-state index contributed by atoms with van der Waals surface area (Å²) in [4.78, 5) is 18.6. The van der Waals surface area contributed by atoms with Gasteiger partial charge in [0.25, 0.3) is 11.8 Å². The van der Waals surface area contributed by atoms with E-state index >= 15 is 0 Å². The van der Waals surface area contributed by atoms with Crippen LogP contribution in [0.4, 0.5) is 24.5 Å². The first-order valence-corrected chi connectivity index (χ1v) is 10.8. The van der Waals surface area contributed by atoms with Crippen molar-refractivity contribution in [2.45, 2.75) is 37.0 Å². The summed E-state index contributed by atoms with van der Waals surface area (Å²) in [5, 5.41) is 22.9. The number of aromatic nitrogens is 1. The van der Waals surface area contributed by atoms with Gasteiger partial charge in [-0.05, 0) is 61.8 Å². The number of carbonyl (C=O) groups excluding carboxylic acids is 1. The van der Waals surface area contributed by atoms with Crippen molar-refractivity contribution in [1.29, 1.82) is 5.26 Å². The van der Waals surface area contributed by atoms with Gasteiger partial charge >= 0.3 is 0 Å². The van der Waals surface area contributed by atoms with E-state index in [0.29, 0.717) is 24.6 Å². The number of alkyl halides is 2. The highest BCUT2D eigenvalue weighted by Gasteiger charge is 2.59. The summed E-state index contributed by atoms with van der Waals surface area (Å²) in [6, 6.07) is 6.68. The maximum atomic E-state index is 14.7. The van der Waals surface area contributed by atoms with Gasteiger partial charge in [-0.15, -0.1) is 0 Å². The predicted molar refractivity (Wildman–Crippen MR) is 123 cm³/mol. The van der Waals surface area contributed by atoms with Crippen molar-refractivity contribution in [2.75, 3.05) is 16.8 Å². The highest BCUT2D eigenvalue weighted by molar-refractivity contribution is 7.80. The van der Waals surface area contributed by atoms with Crippen molar-refractivity contribution in [3.63, 3.8) is 0 Å². The Bertz CT molecular complexity index is 1240. The number of carbonyl (C=O) groups is 1. The van der Waals surface area contributed by atoms with Crippen molar-refractivity contribution < 1.29 is 23.1 Å². The van der Waals surface area contributed by atoms with Crippen molar-refractivity contribution in [1.82, 2.24) is 10.3 Å². The Balaban J connectivity index is 1.80. The fourth-order valence-corrected chi connectivity index (χ4v) is 4.89. The van der Waals surface area contributed by atoms with E-state index in [1.54, 1.807) is 11.0 Å². The number of aliphatic hydroxyl groups is 1. The first kappa shape index (κ1) is 23.7. The van der Waals surface area contributed by atoms with Gasteiger partial charge in [0.1, 0.15) is 17.6 Å². The number of amides is 1. The number of anilines is 2. The van der Waals surface area contributed by atoms with Crippen LogP contribution in [-0.2, 0) is 5.92 Å². The number of pyridine rings is 1. The van der Waals surface area contributed by atoms with Gasteiger partial charge in [0.05, 0.1) is 28.6 Å². The molecule has 1 saturated carbocycles. The summed E-state index contributed by atoms with van der Waals surface area (Å²) in [5.74, 6) is -4.89. The molecule has 2 N–H and O–H groups in total. The molecule has 1 atom stereocenters. The molecule has 2 fully saturated rings. The third-order valence-corrected chi connectivity index (χ3v) is 6.72. The second kappa shape index (κ2) is 8.38. The Morgan fingerprint density at radius 2 is 2.12 bits per heavy atom. The smallest absolute Gasteiger partial charge is 0.294 e. The first-order valence-electron chi connectivity index (χ1n) is 10.4. The molecule has 1 amide bonds. The average molecular weight is 488 g/mol. The van der Waals surface area contributed by atoms with Gasteiger partial charge in [-0.3, -0.25) is 9.69 Å². The summed E-state index contributed by atoms with van der Waals surface area (Å²) >= 11 is 5.62. The van der Waals surface area contributed by atoms with Gasteiger partial charge in [-0.25, -0.2) is 9.37 Å². The molecule has 0 radical (unpaired) electrons. The Kier molecular flexibility index (Phi) is 5.83. The lowest BCUT2D eigenvalue weighted by atomic mass is 9.74. The summed E-state index contributed by atoms with van der Waals surface area (Å²) in [6.07, 6.45) is 2.15. The van der Waals surface area contributed by atoms with Gasteiger partial charge in [0.2, 0.25) is 0 Å². The molecular formula is C23H20F3N5O2S. The monoisotopic (exact) mass is 487 g/mol. The minimum Gasteiger partial charge on any atom is -0.371 e. The van der Waals surface area contributed by atoms with E-state index in [-0.39, 0.29) is 16.4 Å². The van der Waals surface area contributed by atoms with Crippen molar-refractivity contribution in [2.24, 2.45) is 0 Å². The first-order chi connectivity index (χ1) is 16.1. The molecule has 4 rings (SSSR count). The molecule has 11 heteroatoms. The molecule has 1 aliphatic heterocycles. The van der Waals surface area contributed by atoms with Gasteiger partial charge in [0, 0.05) is 12.7 Å². The SMILES string of the molecule is C=CC(F)(F)c1cc(N2C(=S)N(c3ccc(C(=O)NC)c(F)c3)C3(CCC3)C2O)cnc1C#N. The number of nitrogens with zero attached hydrogens (tertiary/aromatic N) is 4. The minimum atomic E-state index is -3.53. The molecule has 2 aromatic rings. The Labute approximate surface area is 199 Å². The fourth-order valence-electron chi connectivity index (χ4n) is 4.40. The number of halogens is 3. The quantitative estimate of drug-likeness (QED) is 0.492. The van der Waals surface area contributed by atoms with Crippen LogP contribution in [0.3, 0.4) is 0 Å². The average Bonchev–Trinajstić information content (AvgIpc) is 3.04. The van der Waals surface area contributed by atoms with Crippen LogP contribution in [0.25, 0.3) is 0 Å². The molecule has 1 aromatic carbocycles. The van der Waals surface area contributed by atoms with E-state index in [4.69, 9.17) is 12.2 Å². The van der Waals surface area contributed by atoms with Gasteiger partial charge in [-0.1, -0.05) is 6.58 Å². The summed E-state index contributed by atoms with van der Waals surface area (Å²) < 4.78 is 43.6. The number of benzene rings is 1. The summed E-state index contributed by atoms with van der Waals surface area (Å²) in [5.41, 5.74) is -1.83. The number of hydrogen-bond donors (Lipinski definition) is 2. The largest absolute Gasteiger partial charge is 0.371 e. The molecule has 0 bridgehead atoms. The molecule has 1 spiro atoms. The lowest BCUT2D eigenvalue weighted by Gasteiger charge is -2.46. The number of allylic oxidation sites excluding steroid dienone is 1. The molecule has 2 heterocycles. The lowest BCUT2D eigenvalue weighted by Crippen LogP contribution is -2.57. The van der Waals surface area contributed by atoms with Gasteiger partial charge < -0.3 is 15.3 Å². The number of thiocarbonyl (C=S) groups is 1. The maximum Gasteiger partial charge on any atom is 0.294 e. The van der Waals surface area contributed by atoms with Crippen LogP contribution in [0.5, 0.6) is 0 Å². The standard InChI is InChI=1S/C23H20F3N5O2S/c1-3-23(25,26)16-9-14(12-29-18(16)11-27)30-20(33)22(7-4-8-22)31(21(30)34)13-5-6-15(17(24)10-13)19(32)28-2/h3,5-6,9-10,12,20,33H,1,4,7-8H2,2H3,(H,28,32). The van der Waals surface area contributed by atoms with Gasteiger partial charge in [0.15, 0.2) is 11.3 Å². The minimum absolute atomic E-state index is 0.0543. The second-order valence-corrected chi connectivity index (χ2v) is 8.46. The van der Waals surface area contributed by atoms with Gasteiger partial charge in [-0.2, -0.15) is 14.0 Å². The fraction of sp³-hybridized carbons (Fsp3) is 0.304. The van der Waals surface area contributed by atoms with Crippen LogP contribution in [0.15, 0.2) is 43.1 Å². The predicted octanol–water partition coefficient (Wildman–Crippen LogP) is 3.58. The molecule has 176 valence electrons. The Hall–Kier alpha value is -3.49. The zero-order valence-corrected chi connectivity index (χ0v) is 18.9. The number of nitrogens with one attached hydrogen (secondary N) is 1. The molecule has 2 aliphatic rings. The van der Waals surface area contributed by atoms with E-state index < -0.39 is 40.7 Å². The molecule has 1 saturated heterocycles. The maximum absolute atomic E-state index is 14.7. The molecule has 1 aliphatic carbocycles. The summed E-state index contributed by atoms with van der Waals surface area (Å²) in [6.45, 7) is 3.12.